The van der Waals surface area contributed by atoms with Gasteiger partial charge in [0.05, 0.1) is 16.8 Å². The van der Waals surface area contributed by atoms with Crippen LogP contribution in [0, 0.1) is 0 Å². The van der Waals surface area contributed by atoms with Gasteiger partial charge in [0.25, 0.3) is 11.8 Å². The van der Waals surface area contributed by atoms with Crippen LogP contribution in [0.2, 0.25) is 0 Å². The van der Waals surface area contributed by atoms with E-state index in [1.54, 1.807) is 24.3 Å². The molecule has 21 heavy (non-hydrogen) atoms. The maximum atomic E-state index is 12.1. The minimum absolute atomic E-state index is 0.233. The van der Waals surface area contributed by atoms with Gasteiger partial charge >= 0.3 is 0 Å². The number of amides is 2. The summed E-state index contributed by atoms with van der Waals surface area (Å²) < 4.78 is 0. The van der Waals surface area contributed by atoms with E-state index in [-0.39, 0.29) is 11.8 Å². The van der Waals surface area contributed by atoms with Gasteiger partial charge in [-0.25, -0.2) is 4.98 Å². The zero-order chi connectivity index (χ0) is 15.4. The Morgan fingerprint density at radius 2 is 1.71 bits per heavy atom. The quantitative estimate of drug-likeness (QED) is 0.884. The van der Waals surface area contributed by atoms with Crippen molar-refractivity contribution in [1.82, 2.24) is 9.88 Å². The van der Waals surface area contributed by atoms with Crippen molar-refractivity contribution in [3.8, 4) is 0 Å². The van der Waals surface area contributed by atoms with Crippen molar-refractivity contribution in [2.24, 2.45) is 0 Å². The van der Waals surface area contributed by atoms with Crippen LogP contribution >= 0.6 is 11.3 Å². The Balaban J connectivity index is 0.000000774. The second-order valence-corrected chi connectivity index (χ2v) is 5.12. The highest BCUT2D eigenvalue weighted by atomic mass is 32.1. The van der Waals surface area contributed by atoms with Gasteiger partial charge in [-0.1, -0.05) is 26.0 Å². The molecule has 1 aliphatic heterocycles. The van der Waals surface area contributed by atoms with Gasteiger partial charge in [-0.15, -0.1) is 11.3 Å². The second-order valence-electron chi connectivity index (χ2n) is 4.23. The van der Waals surface area contributed by atoms with Gasteiger partial charge in [0.15, 0.2) is 5.13 Å². The fourth-order valence-electron chi connectivity index (χ4n) is 2.11. The van der Waals surface area contributed by atoms with E-state index in [9.17, 15) is 9.59 Å². The van der Waals surface area contributed by atoms with Crippen molar-refractivity contribution in [1.29, 1.82) is 0 Å². The van der Waals surface area contributed by atoms with E-state index in [2.05, 4.69) is 4.98 Å². The normalized spacial score (nSPS) is 13.0. The molecule has 0 fully saturated rings. The van der Waals surface area contributed by atoms with Crippen LogP contribution in [0.4, 0.5) is 5.13 Å². The molecule has 0 saturated carbocycles. The van der Waals surface area contributed by atoms with Crippen molar-refractivity contribution in [3.63, 3.8) is 0 Å². The van der Waals surface area contributed by atoms with Crippen molar-refractivity contribution in [2.75, 3.05) is 12.3 Å². The van der Waals surface area contributed by atoms with Gasteiger partial charge in [0.2, 0.25) is 0 Å². The first-order valence-electron chi connectivity index (χ1n) is 6.82. The van der Waals surface area contributed by atoms with Gasteiger partial charge in [0, 0.05) is 18.3 Å². The molecule has 0 aliphatic carbocycles. The van der Waals surface area contributed by atoms with Gasteiger partial charge in [-0.3, -0.25) is 14.5 Å². The molecule has 110 valence electrons. The predicted molar refractivity (Wildman–Crippen MR) is 83.4 cm³/mol. The SMILES string of the molecule is CC.Nc1nc(CCN2C(=O)c3ccccc3C2=O)cs1. The Kier molecular flexibility index (Phi) is 4.70. The Morgan fingerprint density at radius 3 is 2.19 bits per heavy atom. The molecule has 0 spiro atoms. The number of fused-ring (bicyclic) bond motifs is 1. The Bertz CT molecular complexity index is 631. The number of hydrogen-bond acceptors (Lipinski definition) is 5. The minimum atomic E-state index is -0.233. The fraction of sp³-hybridized carbons (Fsp3) is 0.267. The Morgan fingerprint density at radius 1 is 1.14 bits per heavy atom. The molecule has 5 nitrogen and oxygen atoms in total. The number of rotatable bonds is 3. The maximum absolute atomic E-state index is 12.1. The fourth-order valence-corrected chi connectivity index (χ4v) is 2.70. The number of nitrogen functional groups attached to an aromatic ring is 1. The van der Waals surface area contributed by atoms with Crippen LogP contribution in [-0.2, 0) is 6.42 Å². The number of imide groups is 1. The van der Waals surface area contributed by atoms with Crippen molar-refractivity contribution >= 4 is 28.3 Å². The number of aromatic nitrogens is 1. The summed E-state index contributed by atoms with van der Waals surface area (Å²) in [6.07, 6.45) is 0.527. The number of thiazole rings is 1. The van der Waals surface area contributed by atoms with Crippen LogP contribution in [0.5, 0.6) is 0 Å². The molecule has 0 radical (unpaired) electrons. The van der Waals surface area contributed by atoms with E-state index < -0.39 is 0 Å². The molecule has 1 aromatic carbocycles. The molecular formula is C15H17N3O2S. The predicted octanol–water partition coefficient (Wildman–Crippen LogP) is 2.59. The average molecular weight is 303 g/mol. The highest BCUT2D eigenvalue weighted by Gasteiger charge is 2.34. The smallest absolute Gasteiger partial charge is 0.261 e. The number of anilines is 1. The lowest BCUT2D eigenvalue weighted by atomic mass is 10.1. The summed E-state index contributed by atoms with van der Waals surface area (Å²) in [5.74, 6) is -0.465. The molecule has 1 aromatic heterocycles. The van der Waals surface area contributed by atoms with Gasteiger partial charge in [-0.2, -0.15) is 0 Å². The Labute approximate surface area is 127 Å². The summed E-state index contributed by atoms with van der Waals surface area (Å²) in [5.41, 5.74) is 7.30. The lowest BCUT2D eigenvalue weighted by molar-refractivity contribution is 0.0656. The molecular weight excluding hydrogens is 286 g/mol. The maximum Gasteiger partial charge on any atom is 0.261 e. The topological polar surface area (TPSA) is 76.3 Å². The van der Waals surface area contributed by atoms with E-state index in [4.69, 9.17) is 5.73 Å². The van der Waals surface area contributed by atoms with Gasteiger partial charge in [0.1, 0.15) is 0 Å². The van der Waals surface area contributed by atoms with E-state index in [0.717, 1.165) is 5.69 Å². The van der Waals surface area contributed by atoms with E-state index in [1.165, 1.54) is 16.2 Å². The molecule has 2 amide bonds. The Hall–Kier alpha value is -2.21. The number of carbonyl (C=O) groups excluding carboxylic acids is 2. The van der Waals surface area contributed by atoms with Crippen molar-refractivity contribution in [2.45, 2.75) is 20.3 Å². The summed E-state index contributed by atoms with van der Waals surface area (Å²) in [4.78, 5) is 29.6. The zero-order valence-corrected chi connectivity index (χ0v) is 12.8. The monoisotopic (exact) mass is 303 g/mol. The van der Waals surface area contributed by atoms with Crippen LogP contribution in [0.1, 0.15) is 40.3 Å². The van der Waals surface area contributed by atoms with Crippen LogP contribution in [0.25, 0.3) is 0 Å². The van der Waals surface area contributed by atoms with Gasteiger partial charge < -0.3 is 5.73 Å². The lowest BCUT2D eigenvalue weighted by Gasteiger charge is -2.12. The van der Waals surface area contributed by atoms with Crippen LogP contribution in [-0.4, -0.2) is 28.2 Å². The summed E-state index contributed by atoms with van der Waals surface area (Å²) >= 11 is 1.35. The number of benzene rings is 1. The first-order chi connectivity index (χ1) is 10.2. The van der Waals surface area contributed by atoms with E-state index >= 15 is 0 Å². The number of carbonyl (C=O) groups is 2. The van der Waals surface area contributed by atoms with E-state index in [1.807, 2.05) is 19.2 Å². The summed E-state index contributed by atoms with van der Waals surface area (Å²) in [6.45, 7) is 4.33. The van der Waals surface area contributed by atoms with Crippen LogP contribution in [0.3, 0.4) is 0 Å². The third kappa shape index (κ3) is 2.95. The molecule has 3 rings (SSSR count). The number of hydrogen-bond donors (Lipinski definition) is 1. The molecule has 6 heteroatoms. The average Bonchev–Trinajstić information content (AvgIpc) is 3.03. The molecule has 0 bridgehead atoms. The highest BCUT2D eigenvalue weighted by molar-refractivity contribution is 7.13. The largest absolute Gasteiger partial charge is 0.375 e. The number of nitrogens with two attached hydrogens (primary N) is 1. The first-order valence-corrected chi connectivity index (χ1v) is 7.70. The van der Waals surface area contributed by atoms with Crippen molar-refractivity contribution in [3.05, 3.63) is 46.5 Å². The van der Waals surface area contributed by atoms with Gasteiger partial charge in [-0.05, 0) is 12.1 Å². The first kappa shape index (κ1) is 15.2. The highest BCUT2D eigenvalue weighted by Crippen LogP contribution is 2.22. The molecule has 0 saturated heterocycles. The third-order valence-corrected chi connectivity index (χ3v) is 3.76. The number of nitrogens with zero attached hydrogens (tertiary/aromatic N) is 2. The molecule has 0 atom stereocenters. The molecule has 0 unspecified atom stereocenters. The van der Waals surface area contributed by atoms with E-state index in [0.29, 0.717) is 29.2 Å². The molecule has 1 aliphatic rings. The third-order valence-electron chi connectivity index (χ3n) is 3.04. The summed E-state index contributed by atoms with van der Waals surface area (Å²) in [5, 5.41) is 2.34. The summed E-state index contributed by atoms with van der Waals surface area (Å²) in [6, 6.07) is 6.87. The lowest BCUT2D eigenvalue weighted by Crippen LogP contribution is -2.31. The molecule has 2 aromatic rings. The molecule has 2 heterocycles. The second kappa shape index (κ2) is 6.49. The van der Waals surface area contributed by atoms with Crippen LogP contribution < -0.4 is 5.73 Å². The van der Waals surface area contributed by atoms with Crippen LogP contribution in [0.15, 0.2) is 29.6 Å². The van der Waals surface area contributed by atoms with Crippen molar-refractivity contribution < 1.29 is 9.59 Å². The zero-order valence-electron chi connectivity index (χ0n) is 12.0. The summed E-state index contributed by atoms with van der Waals surface area (Å²) in [7, 11) is 0. The minimum Gasteiger partial charge on any atom is -0.375 e. The standard InChI is InChI=1S/C13H11N3O2S.C2H6/c14-13-15-8(7-19-13)5-6-16-11(17)9-3-1-2-4-10(9)12(16)18;1-2/h1-4,7H,5-6H2,(H2,14,15);1-2H3. The molecule has 2 N–H and O–H groups in total.